The van der Waals surface area contributed by atoms with Crippen LogP contribution in [0.5, 0.6) is 11.5 Å². The highest BCUT2D eigenvalue weighted by Crippen LogP contribution is 2.42. The van der Waals surface area contributed by atoms with Crippen LogP contribution < -0.4 is 20.1 Å². The van der Waals surface area contributed by atoms with E-state index >= 15 is 0 Å². The molecule has 0 saturated carbocycles. The SMILES string of the molecule is CCOC(=O)C1=C(c2ccccc2)NC(=O)N[C@@H]1c1cc(Cl)cc(OC)c1OC. The van der Waals surface area contributed by atoms with Crippen molar-refractivity contribution in [2.45, 2.75) is 13.0 Å². The number of hydrogen-bond donors (Lipinski definition) is 2. The molecule has 2 N–H and O–H groups in total. The number of amides is 2. The Kier molecular flexibility index (Phi) is 6.29. The second-order valence-electron chi connectivity index (χ2n) is 6.14. The number of carbonyl (C=O) groups excluding carboxylic acids is 2. The van der Waals surface area contributed by atoms with Crippen molar-refractivity contribution < 1.29 is 23.8 Å². The molecule has 2 aromatic carbocycles. The van der Waals surface area contributed by atoms with Crippen molar-refractivity contribution in [2.75, 3.05) is 20.8 Å². The van der Waals surface area contributed by atoms with Crippen LogP contribution in [0.4, 0.5) is 4.79 Å². The molecule has 8 heteroatoms. The number of carbonyl (C=O) groups is 2. The van der Waals surface area contributed by atoms with Gasteiger partial charge in [0, 0.05) is 16.7 Å². The smallest absolute Gasteiger partial charge is 0.338 e. The van der Waals surface area contributed by atoms with Gasteiger partial charge in [-0.3, -0.25) is 0 Å². The van der Waals surface area contributed by atoms with Crippen molar-refractivity contribution in [3.05, 3.63) is 64.2 Å². The minimum absolute atomic E-state index is 0.182. The normalized spacial score (nSPS) is 16.0. The molecule has 152 valence electrons. The molecule has 0 saturated heterocycles. The molecule has 1 aliphatic heterocycles. The van der Waals surface area contributed by atoms with Crippen LogP contribution in [0.15, 0.2) is 48.0 Å². The molecule has 0 aliphatic carbocycles. The molecule has 1 aliphatic rings. The van der Waals surface area contributed by atoms with Gasteiger partial charge in [-0.1, -0.05) is 41.9 Å². The van der Waals surface area contributed by atoms with Gasteiger partial charge in [0.2, 0.25) is 0 Å². The first kappa shape index (κ1) is 20.5. The summed E-state index contributed by atoms with van der Waals surface area (Å²) in [4.78, 5) is 25.4. The van der Waals surface area contributed by atoms with Crippen molar-refractivity contribution in [3.63, 3.8) is 0 Å². The first-order valence-electron chi connectivity index (χ1n) is 8.95. The van der Waals surface area contributed by atoms with E-state index in [0.29, 0.717) is 33.3 Å². The van der Waals surface area contributed by atoms with Crippen LogP contribution >= 0.6 is 11.6 Å². The summed E-state index contributed by atoms with van der Waals surface area (Å²) in [6.45, 7) is 1.90. The lowest BCUT2D eigenvalue weighted by Crippen LogP contribution is -2.45. The van der Waals surface area contributed by atoms with Crippen LogP contribution in [-0.2, 0) is 9.53 Å². The van der Waals surface area contributed by atoms with Gasteiger partial charge in [0.1, 0.15) is 0 Å². The van der Waals surface area contributed by atoms with Gasteiger partial charge in [-0.15, -0.1) is 0 Å². The lowest BCUT2D eigenvalue weighted by Gasteiger charge is -2.30. The Morgan fingerprint density at radius 1 is 1.14 bits per heavy atom. The maximum Gasteiger partial charge on any atom is 0.338 e. The Bertz CT molecular complexity index is 959. The Morgan fingerprint density at radius 2 is 1.86 bits per heavy atom. The summed E-state index contributed by atoms with van der Waals surface area (Å²) in [5, 5.41) is 5.87. The standard InChI is InChI=1S/C21H21ClN2O5/c1-4-29-20(25)16-17(12-8-6-5-7-9-12)23-21(26)24-18(16)14-10-13(22)11-15(27-2)19(14)28-3/h5-11,18H,4H2,1-3H3,(H2,23,24,26)/t18-/m1/s1. The minimum Gasteiger partial charge on any atom is -0.493 e. The molecule has 29 heavy (non-hydrogen) atoms. The van der Waals surface area contributed by atoms with E-state index in [4.69, 9.17) is 25.8 Å². The quantitative estimate of drug-likeness (QED) is 0.701. The monoisotopic (exact) mass is 416 g/mol. The lowest BCUT2D eigenvalue weighted by molar-refractivity contribution is -0.138. The number of rotatable bonds is 6. The third-order valence-electron chi connectivity index (χ3n) is 4.41. The number of nitrogens with one attached hydrogen (secondary N) is 2. The van der Waals surface area contributed by atoms with Crippen molar-refractivity contribution >= 4 is 29.3 Å². The molecule has 1 heterocycles. The molecule has 0 fully saturated rings. The summed E-state index contributed by atoms with van der Waals surface area (Å²) in [5.41, 5.74) is 1.74. The van der Waals surface area contributed by atoms with Crippen LogP contribution in [0.25, 0.3) is 5.70 Å². The highest BCUT2D eigenvalue weighted by atomic mass is 35.5. The number of ether oxygens (including phenoxy) is 3. The molecule has 1 atom stereocenters. The molecule has 0 bridgehead atoms. The Hall–Kier alpha value is -3.19. The van der Waals surface area contributed by atoms with Gasteiger partial charge in [-0.2, -0.15) is 0 Å². The maximum absolute atomic E-state index is 12.9. The number of halogens is 1. The van der Waals surface area contributed by atoms with E-state index in [1.807, 2.05) is 18.2 Å². The minimum atomic E-state index is -0.861. The van der Waals surface area contributed by atoms with Gasteiger partial charge in [-0.05, 0) is 18.6 Å². The summed E-state index contributed by atoms with van der Waals surface area (Å²) >= 11 is 6.26. The van der Waals surface area contributed by atoms with Gasteiger partial charge in [0.15, 0.2) is 11.5 Å². The molecule has 0 radical (unpaired) electrons. The molecule has 0 unspecified atom stereocenters. The maximum atomic E-state index is 12.9. The third kappa shape index (κ3) is 4.14. The fraction of sp³-hybridized carbons (Fsp3) is 0.238. The van der Waals surface area contributed by atoms with E-state index in [1.165, 1.54) is 14.2 Å². The number of benzene rings is 2. The van der Waals surface area contributed by atoms with Gasteiger partial charge in [0.05, 0.1) is 38.1 Å². The Morgan fingerprint density at radius 3 is 2.48 bits per heavy atom. The largest absolute Gasteiger partial charge is 0.493 e. The van der Waals surface area contributed by atoms with Gasteiger partial charge < -0.3 is 24.8 Å². The summed E-state index contributed by atoms with van der Waals surface area (Å²) in [6, 6.07) is 11.0. The Labute approximate surface area is 173 Å². The highest BCUT2D eigenvalue weighted by molar-refractivity contribution is 6.31. The predicted molar refractivity (Wildman–Crippen MR) is 109 cm³/mol. The van der Waals surface area contributed by atoms with Crippen molar-refractivity contribution in [2.24, 2.45) is 0 Å². The average molecular weight is 417 g/mol. The van der Waals surface area contributed by atoms with Gasteiger partial charge in [0.25, 0.3) is 0 Å². The third-order valence-corrected chi connectivity index (χ3v) is 4.63. The molecular weight excluding hydrogens is 396 g/mol. The van der Waals surface area contributed by atoms with Crippen LogP contribution in [0.2, 0.25) is 5.02 Å². The second kappa shape index (κ2) is 8.87. The van der Waals surface area contributed by atoms with Crippen molar-refractivity contribution in [1.29, 1.82) is 0 Å². The van der Waals surface area contributed by atoms with E-state index in [2.05, 4.69) is 10.6 Å². The topological polar surface area (TPSA) is 85.9 Å². The molecule has 2 amide bonds. The first-order chi connectivity index (χ1) is 14.0. The Balaban J connectivity index is 2.28. The van der Waals surface area contributed by atoms with E-state index in [9.17, 15) is 9.59 Å². The van der Waals surface area contributed by atoms with E-state index < -0.39 is 18.0 Å². The zero-order valence-electron chi connectivity index (χ0n) is 16.2. The van der Waals surface area contributed by atoms with Crippen molar-refractivity contribution in [3.8, 4) is 11.5 Å². The summed E-state index contributed by atoms with van der Waals surface area (Å²) in [6.07, 6.45) is 0. The number of urea groups is 1. The zero-order valence-corrected chi connectivity index (χ0v) is 17.0. The highest BCUT2D eigenvalue weighted by Gasteiger charge is 2.36. The van der Waals surface area contributed by atoms with E-state index in [1.54, 1.807) is 31.2 Å². The average Bonchev–Trinajstić information content (AvgIpc) is 2.73. The fourth-order valence-electron chi connectivity index (χ4n) is 3.23. The van der Waals surface area contributed by atoms with Crippen LogP contribution in [0.3, 0.4) is 0 Å². The second-order valence-corrected chi connectivity index (χ2v) is 6.57. The summed E-state index contributed by atoms with van der Waals surface area (Å²) < 4.78 is 16.2. The molecule has 7 nitrogen and oxygen atoms in total. The summed E-state index contributed by atoms with van der Waals surface area (Å²) in [7, 11) is 2.96. The predicted octanol–water partition coefficient (Wildman–Crippen LogP) is 3.69. The van der Waals surface area contributed by atoms with Crippen LogP contribution in [-0.4, -0.2) is 32.8 Å². The van der Waals surface area contributed by atoms with Gasteiger partial charge >= 0.3 is 12.0 Å². The van der Waals surface area contributed by atoms with Gasteiger partial charge in [-0.25, -0.2) is 9.59 Å². The molecule has 2 aromatic rings. The molecule has 0 spiro atoms. The summed E-state index contributed by atoms with van der Waals surface area (Å²) in [5.74, 6) is 0.176. The van der Waals surface area contributed by atoms with Crippen LogP contribution in [0, 0.1) is 0 Å². The number of hydrogen-bond acceptors (Lipinski definition) is 5. The molecular formula is C21H21ClN2O5. The molecule has 3 rings (SSSR count). The lowest BCUT2D eigenvalue weighted by atomic mass is 9.92. The van der Waals surface area contributed by atoms with Crippen molar-refractivity contribution in [1.82, 2.24) is 10.6 Å². The zero-order chi connectivity index (χ0) is 21.0. The fourth-order valence-corrected chi connectivity index (χ4v) is 3.45. The molecule has 0 aromatic heterocycles. The van der Waals surface area contributed by atoms with Crippen LogP contribution in [0.1, 0.15) is 24.1 Å². The number of esters is 1. The number of methoxy groups -OCH3 is 2. The first-order valence-corrected chi connectivity index (χ1v) is 9.33. The van der Waals surface area contributed by atoms with E-state index in [0.717, 1.165) is 0 Å². The van der Waals surface area contributed by atoms with E-state index in [-0.39, 0.29) is 12.2 Å².